The van der Waals surface area contributed by atoms with Crippen molar-refractivity contribution in [3.8, 4) is 0 Å². The van der Waals surface area contributed by atoms with Gasteiger partial charge in [0.25, 0.3) is 0 Å². The lowest BCUT2D eigenvalue weighted by Crippen LogP contribution is -2.28. The van der Waals surface area contributed by atoms with Gasteiger partial charge in [-0.05, 0) is 35.9 Å². The molecule has 0 aromatic carbocycles. The maximum absolute atomic E-state index is 5.52. The summed E-state index contributed by atoms with van der Waals surface area (Å²) in [5.74, 6) is 0. The molecule has 1 atom stereocenters. The smallest absolute Gasteiger partial charge is 0.169 e. The van der Waals surface area contributed by atoms with E-state index < -0.39 is 0 Å². The Morgan fingerprint density at radius 3 is 3.00 bits per heavy atom. The van der Waals surface area contributed by atoms with Crippen LogP contribution in [0.5, 0.6) is 0 Å². The van der Waals surface area contributed by atoms with E-state index in [4.69, 9.17) is 9.47 Å². The van der Waals surface area contributed by atoms with Crippen LogP contribution in [0.4, 0.5) is 0 Å². The van der Waals surface area contributed by atoms with Gasteiger partial charge in [0.2, 0.25) is 0 Å². The van der Waals surface area contributed by atoms with Crippen LogP contribution in [0.2, 0.25) is 0 Å². The fraction of sp³-hybridized carbons (Fsp3) is 0.600. The van der Waals surface area contributed by atoms with Crippen LogP contribution >= 0.6 is 11.3 Å². The SMILES string of the molecule is CNCC(OC)OCCc1ccsc1. The molecule has 0 aliphatic heterocycles. The van der Waals surface area contributed by atoms with Gasteiger partial charge < -0.3 is 14.8 Å². The zero-order valence-electron chi connectivity index (χ0n) is 8.66. The van der Waals surface area contributed by atoms with Gasteiger partial charge in [0, 0.05) is 13.7 Å². The molecule has 80 valence electrons. The van der Waals surface area contributed by atoms with Crippen molar-refractivity contribution in [1.82, 2.24) is 5.32 Å². The van der Waals surface area contributed by atoms with Crippen LogP contribution in [-0.4, -0.2) is 33.6 Å². The lowest BCUT2D eigenvalue weighted by atomic mass is 10.3. The average Bonchev–Trinajstić information content (AvgIpc) is 2.69. The van der Waals surface area contributed by atoms with Gasteiger partial charge in [-0.25, -0.2) is 0 Å². The van der Waals surface area contributed by atoms with Crippen molar-refractivity contribution in [3.63, 3.8) is 0 Å². The molecule has 0 spiro atoms. The molecule has 1 aromatic rings. The van der Waals surface area contributed by atoms with Crippen molar-refractivity contribution in [3.05, 3.63) is 22.4 Å². The van der Waals surface area contributed by atoms with Gasteiger partial charge in [0.15, 0.2) is 6.29 Å². The van der Waals surface area contributed by atoms with Crippen molar-refractivity contribution < 1.29 is 9.47 Å². The van der Waals surface area contributed by atoms with E-state index in [1.54, 1.807) is 18.4 Å². The number of thiophene rings is 1. The van der Waals surface area contributed by atoms with Crippen LogP contribution in [0.3, 0.4) is 0 Å². The van der Waals surface area contributed by atoms with Crippen LogP contribution in [0.15, 0.2) is 16.8 Å². The van der Waals surface area contributed by atoms with Gasteiger partial charge in [-0.3, -0.25) is 0 Å². The number of likely N-dealkylation sites (N-methyl/N-ethyl adjacent to an activating group) is 1. The summed E-state index contributed by atoms with van der Waals surface area (Å²) >= 11 is 1.72. The molecule has 14 heavy (non-hydrogen) atoms. The van der Waals surface area contributed by atoms with Gasteiger partial charge >= 0.3 is 0 Å². The minimum absolute atomic E-state index is 0.140. The summed E-state index contributed by atoms with van der Waals surface area (Å²) < 4.78 is 10.7. The second-order valence-corrected chi connectivity index (χ2v) is 3.76. The van der Waals surface area contributed by atoms with E-state index in [9.17, 15) is 0 Å². The fourth-order valence-corrected chi connectivity index (χ4v) is 1.82. The molecule has 0 radical (unpaired) electrons. The maximum Gasteiger partial charge on any atom is 0.169 e. The Bertz CT molecular complexity index is 226. The highest BCUT2D eigenvalue weighted by Gasteiger charge is 2.05. The van der Waals surface area contributed by atoms with E-state index in [-0.39, 0.29) is 6.29 Å². The van der Waals surface area contributed by atoms with Gasteiger partial charge in [-0.15, -0.1) is 0 Å². The van der Waals surface area contributed by atoms with Gasteiger partial charge in [-0.2, -0.15) is 11.3 Å². The zero-order chi connectivity index (χ0) is 10.2. The lowest BCUT2D eigenvalue weighted by molar-refractivity contribution is -0.119. The predicted molar refractivity (Wildman–Crippen MR) is 58.7 cm³/mol. The molecular formula is C10H17NO2S. The van der Waals surface area contributed by atoms with Crippen molar-refractivity contribution in [1.29, 1.82) is 0 Å². The average molecular weight is 215 g/mol. The molecule has 0 amide bonds. The summed E-state index contributed by atoms with van der Waals surface area (Å²) in [7, 11) is 3.54. The Balaban J connectivity index is 2.13. The summed E-state index contributed by atoms with van der Waals surface area (Å²) in [5.41, 5.74) is 1.33. The quantitative estimate of drug-likeness (QED) is 0.699. The minimum atomic E-state index is -0.140. The summed E-state index contributed by atoms with van der Waals surface area (Å²) in [4.78, 5) is 0. The van der Waals surface area contributed by atoms with E-state index in [1.165, 1.54) is 5.56 Å². The molecule has 0 aliphatic rings. The topological polar surface area (TPSA) is 30.5 Å². The highest BCUT2D eigenvalue weighted by Crippen LogP contribution is 2.07. The summed E-state index contributed by atoms with van der Waals surface area (Å²) in [6.07, 6.45) is 0.811. The van der Waals surface area contributed by atoms with Gasteiger partial charge in [-0.1, -0.05) is 0 Å². The molecular weight excluding hydrogens is 198 g/mol. The second-order valence-electron chi connectivity index (χ2n) is 2.98. The molecule has 1 N–H and O–H groups in total. The predicted octanol–water partition coefficient (Wildman–Crippen LogP) is 1.50. The third-order valence-corrected chi connectivity index (χ3v) is 2.64. The van der Waals surface area contributed by atoms with Crippen molar-refractivity contribution in [2.75, 3.05) is 27.3 Å². The Kier molecular flexibility index (Phi) is 5.78. The Labute approximate surface area is 89.0 Å². The molecule has 3 nitrogen and oxygen atoms in total. The maximum atomic E-state index is 5.52. The largest absolute Gasteiger partial charge is 0.355 e. The van der Waals surface area contributed by atoms with Crippen LogP contribution in [0, 0.1) is 0 Å². The van der Waals surface area contributed by atoms with Crippen LogP contribution in [0.25, 0.3) is 0 Å². The highest BCUT2D eigenvalue weighted by atomic mass is 32.1. The van der Waals surface area contributed by atoms with Crippen LogP contribution in [0.1, 0.15) is 5.56 Å². The molecule has 0 saturated carbocycles. The van der Waals surface area contributed by atoms with Crippen LogP contribution in [-0.2, 0) is 15.9 Å². The first kappa shape index (κ1) is 11.7. The summed E-state index contributed by atoms with van der Waals surface area (Å²) in [6, 6.07) is 2.12. The van der Waals surface area contributed by atoms with Crippen molar-refractivity contribution in [2.45, 2.75) is 12.7 Å². The first-order chi connectivity index (χ1) is 6.86. The number of rotatable bonds is 7. The van der Waals surface area contributed by atoms with E-state index in [1.807, 2.05) is 7.05 Å². The number of nitrogens with one attached hydrogen (secondary N) is 1. The van der Waals surface area contributed by atoms with Gasteiger partial charge in [0.05, 0.1) is 6.61 Å². The number of methoxy groups -OCH3 is 1. The minimum Gasteiger partial charge on any atom is -0.355 e. The Morgan fingerprint density at radius 2 is 2.43 bits per heavy atom. The highest BCUT2D eigenvalue weighted by molar-refractivity contribution is 7.07. The number of hydrogen-bond acceptors (Lipinski definition) is 4. The lowest BCUT2D eigenvalue weighted by Gasteiger charge is -2.15. The third kappa shape index (κ3) is 4.19. The normalized spacial score (nSPS) is 13.0. The van der Waals surface area contributed by atoms with Crippen LogP contribution < -0.4 is 5.32 Å². The molecule has 1 aromatic heterocycles. The Hall–Kier alpha value is -0.420. The molecule has 0 fully saturated rings. The molecule has 1 heterocycles. The zero-order valence-corrected chi connectivity index (χ0v) is 9.47. The molecule has 1 unspecified atom stereocenters. The molecule has 0 bridgehead atoms. The monoisotopic (exact) mass is 215 g/mol. The molecule has 4 heteroatoms. The molecule has 1 rings (SSSR count). The molecule has 0 aliphatic carbocycles. The first-order valence-electron chi connectivity index (χ1n) is 4.67. The fourth-order valence-electron chi connectivity index (χ4n) is 1.12. The summed E-state index contributed by atoms with van der Waals surface area (Å²) in [5, 5.41) is 7.24. The van der Waals surface area contributed by atoms with Gasteiger partial charge in [0.1, 0.15) is 0 Å². The standard InChI is InChI=1S/C10H17NO2S/c1-11-7-10(12-2)13-5-3-9-4-6-14-8-9/h4,6,8,10-11H,3,5,7H2,1-2H3. The van der Waals surface area contributed by atoms with Crippen molar-refractivity contribution >= 4 is 11.3 Å². The third-order valence-electron chi connectivity index (χ3n) is 1.91. The Morgan fingerprint density at radius 1 is 1.57 bits per heavy atom. The van der Waals surface area contributed by atoms with E-state index in [0.717, 1.165) is 13.0 Å². The number of hydrogen-bond donors (Lipinski definition) is 1. The molecule has 0 saturated heterocycles. The summed E-state index contributed by atoms with van der Waals surface area (Å²) in [6.45, 7) is 1.43. The number of ether oxygens (including phenoxy) is 2. The van der Waals surface area contributed by atoms with E-state index in [2.05, 4.69) is 22.1 Å². The van der Waals surface area contributed by atoms with Crippen molar-refractivity contribution in [2.24, 2.45) is 0 Å². The van der Waals surface area contributed by atoms with E-state index in [0.29, 0.717) is 6.61 Å². The van der Waals surface area contributed by atoms with E-state index >= 15 is 0 Å². The first-order valence-corrected chi connectivity index (χ1v) is 5.61. The second kappa shape index (κ2) is 6.95.